The van der Waals surface area contributed by atoms with Crippen LogP contribution in [0.25, 0.3) is 0 Å². The third-order valence-corrected chi connectivity index (χ3v) is 3.53. The molecule has 94 valence electrons. The van der Waals surface area contributed by atoms with Gasteiger partial charge < -0.3 is 11.5 Å². The van der Waals surface area contributed by atoms with Gasteiger partial charge >= 0.3 is 0 Å². The van der Waals surface area contributed by atoms with E-state index in [-0.39, 0.29) is 23.7 Å². The van der Waals surface area contributed by atoms with E-state index in [1.54, 1.807) is 0 Å². The summed E-state index contributed by atoms with van der Waals surface area (Å²) in [5.74, 6) is -0.274. The molecule has 4 N–H and O–H groups in total. The summed E-state index contributed by atoms with van der Waals surface area (Å²) in [7, 11) is 0. The van der Waals surface area contributed by atoms with Crippen molar-refractivity contribution >= 4 is 11.8 Å². The summed E-state index contributed by atoms with van der Waals surface area (Å²) >= 11 is 0. The van der Waals surface area contributed by atoms with Crippen molar-refractivity contribution in [3.05, 3.63) is 0 Å². The van der Waals surface area contributed by atoms with Gasteiger partial charge in [-0.15, -0.1) is 0 Å². The topological polar surface area (TPSA) is 86.2 Å². The van der Waals surface area contributed by atoms with Crippen molar-refractivity contribution in [2.75, 3.05) is 0 Å². The number of hydrogen-bond donors (Lipinski definition) is 2. The van der Waals surface area contributed by atoms with Crippen LogP contribution in [0.15, 0.2) is 0 Å². The summed E-state index contributed by atoms with van der Waals surface area (Å²) in [5.41, 5.74) is 10.1. The molecular formula is C12H24N2O2. The van der Waals surface area contributed by atoms with Crippen LogP contribution in [0.1, 0.15) is 47.0 Å². The zero-order valence-electron chi connectivity index (χ0n) is 10.7. The first-order chi connectivity index (χ1) is 7.25. The maximum Gasteiger partial charge on any atom is 0.224 e. The van der Waals surface area contributed by atoms with Gasteiger partial charge in [0.05, 0.1) is 5.41 Å². The Bertz CT molecular complexity index is 252. The molecule has 0 heterocycles. The zero-order valence-corrected chi connectivity index (χ0v) is 10.7. The minimum absolute atomic E-state index is 0.165. The largest absolute Gasteiger partial charge is 0.370 e. The van der Waals surface area contributed by atoms with Crippen LogP contribution in [-0.4, -0.2) is 11.8 Å². The van der Waals surface area contributed by atoms with Crippen molar-refractivity contribution in [3.8, 4) is 0 Å². The van der Waals surface area contributed by atoms with Gasteiger partial charge in [0.2, 0.25) is 11.8 Å². The van der Waals surface area contributed by atoms with E-state index in [0.29, 0.717) is 19.3 Å². The Kier molecular flexibility index (Phi) is 5.48. The molecule has 2 amide bonds. The second-order valence-corrected chi connectivity index (χ2v) is 5.03. The fourth-order valence-corrected chi connectivity index (χ4v) is 2.49. The molecule has 0 aromatic heterocycles. The fourth-order valence-electron chi connectivity index (χ4n) is 2.49. The number of hydrogen-bond acceptors (Lipinski definition) is 2. The first-order valence-corrected chi connectivity index (χ1v) is 5.83. The van der Waals surface area contributed by atoms with Crippen LogP contribution in [0.5, 0.6) is 0 Å². The Balaban J connectivity index is 4.77. The summed E-state index contributed by atoms with van der Waals surface area (Å²) in [6, 6.07) is 0. The summed E-state index contributed by atoms with van der Waals surface area (Å²) < 4.78 is 0. The lowest BCUT2D eigenvalue weighted by atomic mass is 9.65. The highest BCUT2D eigenvalue weighted by molar-refractivity contribution is 5.81. The smallest absolute Gasteiger partial charge is 0.224 e. The number of amides is 2. The predicted octanol–water partition coefficient (Wildman–Crippen LogP) is 1.43. The van der Waals surface area contributed by atoms with Gasteiger partial charge in [-0.05, 0) is 24.7 Å². The zero-order chi connectivity index (χ0) is 12.9. The summed E-state index contributed by atoms with van der Waals surface area (Å²) in [6.45, 7) is 7.98. The van der Waals surface area contributed by atoms with E-state index in [4.69, 9.17) is 11.5 Å². The molecule has 0 aromatic carbocycles. The van der Waals surface area contributed by atoms with Crippen LogP contribution in [0, 0.1) is 17.3 Å². The number of carbonyl (C=O) groups excluding carboxylic acids is 2. The molecule has 4 heteroatoms. The third-order valence-electron chi connectivity index (χ3n) is 3.53. The van der Waals surface area contributed by atoms with E-state index in [1.807, 2.05) is 27.7 Å². The van der Waals surface area contributed by atoms with Gasteiger partial charge in [-0.1, -0.05) is 27.7 Å². The standard InChI is InChI=1S/C12H24N2O2/c1-8(2)12(9(3)4,11(14)16)7-5-6-10(13)15/h8-9H,5-7H2,1-4H3,(H2,13,15)(H2,14,16). The highest BCUT2D eigenvalue weighted by Crippen LogP contribution is 2.40. The van der Waals surface area contributed by atoms with Crippen LogP contribution in [0.3, 0.4) is 0 Å². The Morgan fingerprint density at radius 1 is 1.06 bits per heavy atom. The van der Waals surface area contributed by atoms with Crippen molar-refractivity contribution < 1.29 is 9.59 Å². The van der Waals surface area contributed by atoms with E-state index < -0.39 is 5.41 Å². The number of rotatable bonds is 7. The van der Waals surface area contributed by atoms with Crippen molar-refractivity contribution in [3.63, 3.8) is 0 Å². The first kappa shape index (κ1) is 14.9. The lowest BCUT2D eigenvalue weighted by Crippen LogP contribution is -2.45. The van der Waals surface area contributed by atoms with E-state index >= 15 is 0 Å². The van der Waals surface area contributed by atoms with Gasteiger partial charge in [0.15, 0.2) is 0 Å². The molecule has 0 aliphatic heterocycles. The normalized spacial score (nSPS) is 12.1. The van der Waals surface area contributed by atoms with Gasteiger partial charge in [0.1, 0.15) is 0 Å². The van der Waals surface area contributed by atoms with Crippen molar-refractivity contribution in [2.45, 2.75) is 47.0 Å². The van der Waals surface area contributed by atoms with E-state index in [1.165, 1.54) is 0 Å². The number of carbonyl (C=O) groups is 2. The van der Waals surface area contributed by atoms with Crippen molar-refractivity contribution in [1.29, 1.82) is 0 Å². The molecule has 0 unspecified atom stereocenters. The second kappa shape index (κ2) is 5.87. The Morgan fingerprint density at radius 3 is 1.75 bits per heavy atom. The molecule has 0 atom stereocenters. The van der Waals surface area contributed by atoms with Crippen LogP contribution in [-0.2, 0) is 9.59 Å². The first-order valence-electron chi connectivity index (χ1n) is 5.83. The molecule has 0 spiro atoms. The summed E-state index contributed by atoms with van der Waals surface area (Å²) in [4.78, 5) is 22.4. The van der Waals surface area contributed by atoms with Crippen LogP contribution in [0.2, 0.25) is 0 Å². The van der Waals surface area contributed by atoms with Crippen molar-refractivity contribution in [2.24, 2.45) is 28.7 Å². The van der Waals surface area contributed by atoms with Gasteiger partial charge in [-0.2, -0.15) is 0 Å². The van der Waals surface area contributed by atoms with Crippen LogP contribution < -0.4 is 11.5 Å². The van der Waals surface area contributed by atoms with Gasteiger partial charge in [-0.3, -0.25) is 9.59 Å². The monoisotopic (exact) mass is 228 g/mol. The Hall–Kier alpha value is -1.06. The minimum Gasteiger partial charge on any atom is -0.370 e. The molecule has 0 rings (SSSR count). The average molecular weight is 228 g/mol. The van der Waals surface area contributed by atoms with Crippen LogP contribution >= 0.6 is 0 Å². The van der Waals surface area contributed by atoms with Gasteiger partial charge in [0, 0.05) is 6.42 Å². The van der Waals surface area contributed by atoms with Gasteiger partial charge in [0.25, 0.3) is 0 Å². The lowest BCUT2D eigenvalue weighted by molar-refractivity contribution is -0.134. The second-order valence-electron chi connectivity index (χ2n) is 5.03. The van der Waals surface area contributed by atoms with Crippen molar-refractivity contribution in [1.82, 2.24) is 0 Å². The number of primary amides is 2. The summed E-state index contributed by atoms with van der Waals surface area (Å²) in [5, 5.41) is 0. The molecule has 0 bridgehead atoms. The molecule has 16 heavy (non-hydrogen) atoms. The molecule has 4 nitrogen and oxygen atoms in total. The molecule has 0 saturated carbocycles. The molecule has 0 saturated heterocycles. The highest BCUT2D eigenvalue weighted by atomic mass is 16.1. The molecule has 0 fully saturated rings. The molecule has 0 radical (unpaired) electrons. The minimum atomic E-state index is -0.532. The Morgan fingerprint density at radius 2 is 1.50 bits per heavy atom. The van der Waals surface area contributed by atoms with E-state index in [0.717, 1.165) is 0 Å². The average Bonchev–Trinajstić information content (AvgIpc) is 2.09. The van der Waals surface area contributed by atoms with E-state index in [9.17, 15) is 9.59 Å². The lowest BCUT2D eigenvalue weighted by Gasteiger charge is -2.38. The number of nitrogens with two attached hydrogens (primary N) is 2. The third kappa shape index (κ3) is 3.22. The molecule has 0 aromatic rings. The maximum atomic E-state index is 11.7. The predicted molar refractivity (Wildman–Crippen MR) is 64.3 cm³/mol. The highest BCUT2D eigenvalue weighted by Gasteiger charge is 2.42. The Labute approximate surface area is 97.8 Å². The molecular weight excluding hydrogens is 204 g/mol. The maximum absolute atomic E-state index is 11.7. The SMILES string of the molecule is CC(C)C(CCCC(N)=O)(C(N)=O)C(C)C. The van der Waals surface area contributed by atoms with Gasteiger partial charge in [-0.25, -0.2) is 0 Å². The van der Waals surface area contributed by atoms with E-state index in [2.05, 4.69) is 0 Å². The fraction of sp³-hybridized carbons (Fsp3) is 0.833. The molecule has 0 aliphatic rings. The molecule has 0 aliphatic carbocycles. The summed E-state index contributed by atoms with van der Waals surface area (Å²) in [6.07, 6.45) is 1.56. The quantitative estimate of drug-likeness (QED) is 0.690. The van der Waals surface area contributed by atoms with Crippen LogP contribution in [0.4, 0.5) is 0 Å².